The van der Waals surface area contributed by atoms with Crippen LogP contribution < -0.4 is 5.32 Å². The third kappa shape index (κ3) is 4.85. The van der Waals surface area contributed by atoms with Crippen molar-refractivity contribution in [3.63, 3.8) is 0 Å². The summed E-state index contributed by atoms with van der Waals surface area (Å²) in [4.78, 5) is 14.2. The first-order valence-electron chi connectivity index (χ1n) is 10.6. The molecule has 3 aromatic heterocycles. The van der Waals surface area contributed by atoms with Crippen molar-refractivity contribution in [2.24, 2.45) is 5.92 Å². The van der Waals surface area contributed by atoms with Crippen molar-refractivity contribution < 1.29 is 13.2 Å². The Hall–Kier alpha value is -1.95. The number of sulfonamides is 1. The summed E-state index contributed by atoms with van der Waals surface area (Å²) in [6.07, 6.45) is 5.95. The molecule has 172 valence electrons. The van der Waals surface area contributed by atoms with Crippen LogP contribution in [0.3, 0.4) is 0 Å². The largest absolute Gasteiger partial charge is 0.346 e. The highest BCUT2D eigenvalue weighted by molar-refractivity contribution is 7.98. The molecule has 1 saturated heterocycles. The number of nitrogens with one attached hydrogen (secondary N) is 1. The van der Waals surface area contributed by atoms with Gasteiger partial charge in [0.25, 0.3) is 10.0 Å². The summed E-state index contributed by atoms with van der Waals surface area (Å²) < 4.78 is 29.8. The SMILES string of the molecule is CSCCC(NC(=O)C1CCCN(S(=O)(=O)c2ccc(C)s2)C1)c1nnc2ccccn12. The smallest absolute Gasteiger partial charge is 0.252 e. The fraction of sp³-hybridized carbons (Fsp3) is 0.476. The normalized spacial score (nSPS) is 18.6. The van der Waals surface area contributed by atoms with Gasteiger partial charge in [0.05, 0.1) is 12.0 Å². The van der Waals surface area contributed by atoms with E-state index in [1.807, 2.05) is 48.0 Å². The Morgan fingerprint density at radius 1 is 1.31 bits per heavy atom. The van der Waals surface area contributed by atoms with E-state index in [0.717, 1.165) is 16.3 Å². The van der Waals surface area contributed by atoms with Crippen LogP contribution in [0.25, 0.3) is 5.65 Å². The van der Waals surface area contributed by atoms with Crippen LogP contribution in [0.2, 0.25) is 0 Å². The molecule has 2 atom stereocenters. The average molecular weight is 494 g/mol. The van der Waals surface area contributed by atoms with Gasteiger partial charge in [-0.1, -0.05) is 6.07 Å². The van der Waals surface area contributed by atoms with E-state index >= 15 is 0 Å². The fourth-order valence-electron chi connectivity index (χ4n) is 3.94. The maximum absolute atomic E-state index is 13.2. The highest BCUT2D eigenvalue weighted by atomic mass is 32.2. The van der Waals surface area contributed by atoms with Gasteiger partial charge in [0.15, 0.2) is 11.5 Å². The minimum Gasteiger partial charge on any atom is -0.346 e. The molecular weight excluding hydrogens is 466 g/mol. The molecule has 0 radical (unpaired) electrons. The van der Waals surface area contributed by atoms with Crippen molar-refractivity contribution in [3.05, 3.63) is 47.2 Å². The van der Waals surface area contributed by atoms with Crippen LogP contribution in [0.15, 0.2) is 40.7 Å². The topological polar surface area (TPSA) is 96.7 Å². The molecule has 0 aliphatic carbocycles. The number of carbonyl (C=O) groups excluding carboxylic acids is 1. The molecule has 4 heterocycles. The van der Waals surface area contributed by atoms with Gasteiger partial charge in [-0.3, -0.25) is 9.20 Å². The number of aromatic nitrogens is 3. The predicted molar refractivity (Wildman–Crippen MR) is 127 cm³/mol. The Balaban J connectivity index is 1.50. The summed E-state index contributed by atoms with van der Waals surface area (Å²) in [7, 11) is -3.58. The van der Waals surface area contributed by atoms with E-state index in [9.17, 15) is 13.2 Å². The summed E-state index contributed by atoms with van der Waals surface area (Å²) >= 11 is 2.97. The molecule has 8 nitrogen and oxygen atoms in total. The Morgan fingerprint density at radius 3 is 2.91 bits per heavy atom. The number of pyridine rings is 1. The molecule has 0 bridgehead atoms. The number of carbonyl (C=O) groups is 1. The summed E-state index contributed by atoms with van der Waals surface area (Å²) in [5.41, 5.74) is 0.729. The second-order valence-electron chi connectivity index (χ2n) is 7.90. The zero-order valence-corrected chi connectivity index (χ0v) is 20.5. The molecular formula is C21H27N5O3S3. The molecule has 0 saturated carbocycles. The lowest BCUT2D eigenvalue weighted by molar-refractivity contribution is -0.126. The van der Waals surface area contributed by atoms with Crippen molar-refractivity contribution in [3.8, 4) is 0 Å². The Kier molecular flexibility index (Phi) is 7.18. The highest BCUT2D eigenvalue weighted by Crippen LogP contribution is 2.29. The van der Waals surface area contributed by atoms with E-state index < -0.39 is 15.9 Å². The second-order valence-corrected chi connectivity index (χ2v) is 12.3. The second kappa shape index (κ2) is 9.90. The van der Waals surface area contributed by atoms with Crippen molar-refractivity contribution >= 4 is 44.7 Å². The Labute approximate surface area is 196 Å². The molecule has 0 spiro atoms. The molecule has 1 N–H and O–H groups in total. The quantitative estimate of drug-likeness (QED) is 0.518. The van der Waals surface area contributed by atoms with Crippen molar-refractivity contribution in [2.75, 3.05) is 25.1 Å². The van der Waals surface area contributed by atoms with Gasteiger partial charge in [-0.2, -0.15) is 16.1 Å². The first-order chi connectivity index (χ1) is 15.4. The lowest BCUT2D eigenvalue weighted by Gasteiger charge is -2.31. The Bertz CT molecular complexity index is 1190. The summed E-state index contributed by atoms with van der Waals surface area (Å²) in [6.45, 7) is 2.52. The standard InChI is InChI=1S/C21H27N5O3S3/c1-15-8-9-19(31-15)32(28,29)25-11-5-6-16(14-25)21(27)22-17(10-13-30-2)20-24-23-18-7-3-4-12-26(18)20/h3-4,7-9,12,16-17H,5-6,10-11,13-14H2,1-2H3,(H,22,27). The van der Waals surface area contributed by atoms with Gasteiger partial charge in [-0.05, 0) is 62.5 Å². The van der Waals surface area contributed by atoms with Gasteiger partial charge in [-0.15, -0.1) is 21.5 Å². The van der Waals surface area contributed by atoms with Crippen LogP contribution >= 0.6 is 23.1 Å². The van der Waals surface area contributed by atoms with Crippen LogP contribution in [-0.4, -0.2) is 58.3 Å². The van der Waals surface area contributed by atoms with E-state index in [-0.39, 0.29) is 18.5 Å². The first kappa shape index (κ1) is 23.2. The number of rotatable bonds is 8. The van der Waals surface area contributed by atoms with Gasteiger partial charge >= 0.3 is 0 Å². The zero-order chi connectivity index (χ0) is 22.7. The number of thioether (sulfide) groups is 1. The van der Waals surface area contributed by atoms with E-state index in [0.29, 0.717) is 35.8 Å². The van der Waals surface area contributed by atoms with E-state index in [1.54, 1.807) is 17.8 Å². The van der Waals surface area contributed by atoms with Crippen LogP contribution in [0.5, 0.6) is 0 Å². The van der Waals surface area contributed by atoms with Crippen LogP contribution in [0.4, 0.5) is 0 Å². The monoisotopic (exact) mass is 493 g/mol. The number of piperidine rings is 1. The van der Waals surface area contributed by atoms with E-state index in [1.165, 1.54) is 15.6 Å². The van der Waals surface area contributed by atoms with Gasteiger partial charge in [0.1, 0.15) is 4.21 Å². The summed E-state index contributed by atoms with van der Waals surface area (Å²) in [5.74, 6) is 1.02. The molecule has 1 aliphatic rings. The predicted octanol–water partition coefficient (Wildman–Crippen LogP) is 3.11. The van der Waals surface area contributed by atoms with Crippen LogP contribution in [0.1, 0.15) is 36.0 Å². The molecule has 32 heavy (non-hydrogen) atoms. The maximum atomic E-state index is 13.2. The van der Waals surface area contributed by atoms with E-state index in [4.69, 9.17) is 0 Å². The number of nitrogens with zero attached hydrogens (tertiary/aromatic N) is 4. The summed E-state index contributed by atoms with van der Waals surface area (Å²) in [6, 6.07) is 8.84. The lowest BCUT2D eigenvalue weighted by Crippen LogP contribution is -2.46. The minimum absolute atomic E-state index is 0.133. The van der Waals surface area contributed by atoms with Gasteiger partial charge in [-0.25, -0.2) is 8.42 Å². The molecule has 4 rings (SSSR count). The molecule has 3 aromatic rings. The molecule has 2 unspecified atom stereocenters. The van der Waals surface area contributed by atoms with Crippen molar-refractivity contribution in [1.82, 2.24) is 24.2 Å². The molecule has 1 amide bonds. The lowest BCUT2D eigenvalue weighted by atomic mass is 9.98. The fourth-order valence-corrected chi connectivity index (χ4v) is 7.37. The van der Waals surface area contributed by atoms with Crippen molar-refractivity contribution in [2.45, 2.75) is 36.4 Å². The Morgan fingerprint density at radius 2 is 2.16 bits per heavy atom. The number of amides is 1. The minimum atomic E-state index is -3.58. The third-order valence-corrected chi connectivity index (χ3v) is 9.62. The van der Waals surface area contributed by atoms with Crippen LogP contribution in [-0.2, 0) is 14.8 Å². The third-order valence-electron chi connectivity index (χ3n) is 5.64. The van der Waals surface area contributed by atoms with E-state index in [2.05, 4.69) is 15.5 Å². The number of thiophene rings is 1. The van der Waals surface area contributed by atoms with Crippen LogP contribution in [0, 0.1) is 12.8 Å². The van der Waals surface area contributed by atoms with Gasteiger partial charge in [0, 0.05) is 24.2 Å². The molecule has 0 aromatic carbocycles. The molecule has 1 fully saturated rings. The molecule has 11 heteroatoms. The highest BCUT2D eigenvalue weighted by Gasteiger charge is 2.35. The average Bonchev–Trinajstić information content (AvgIpc) is 3.43. The first-order valence-corrected chi connectivity index (χ1v) is 14.2. The number of hydrogen-bond donors (Lipinski definition) is 1. The number of hydrogen-bond acceptors (Lipinski definition) is 7. The molecule has 1 aliphatic heterocycles. The van der Waals surface area contributed by atoms with Gasteiger partial charge in [0.2, 0.25) is 5.91 Å². The number of aryl methyl sites for hydroxylation is 1. The van der Waals surface area contributed by atoms with Crippen molar-refractivity contribution in [1.29, 1.82) is 0 Å². The summed E-state index contributed by atoms with van der Waals surface area (Å²) in [5, 5.41) is 11.7. The van der Waals surface area contributed by atoms with Gasteiger partial charge < -0.3 is 5.32 Å². The zero-order valence-electron chi connectivity index (χ0n) is 18.1. The maximum Gasteiger partial charge on any atom is 0.252 e. The number of fused-ring (bicyclic) bond motifs is 1.